The number of nitrogens with one attached hydrogen (secondary N) is 1. The maximum atomic E-state index is 12.0. The SMILES string of the molecule is Cc1sc(=O)n(CCC(=O)Nc2nc(-c3ccco3)cs2)c1C. The Bertz CT molecular complexity index is 874. The van der Waals surface area contributed by atoms with E-state index < -0.39 is 0 Å². The monoisotopic (exact) mass is 349 g/mol. The minimum absolute atomic E-state index is 0.0258. The minimum Gasteiger partial charge on any atom is -0.463 e. The van der Waals surface area contributed by atoms with Crippen LogP contribution in [0.2, 0.25) is 0 Å². The Morgan fingerprint density at radius 1 is 1.43 bits per heavy atom. The Morgan fingerprint density at radius 2 is 2.26 bits per heavy atom. The van der Waals surface area contributed by atoms with E-state index in [1.165, 1.54) is 22.7 Å². The number of carbonyl (C=O) groups excluding carboxylic acids is 1. The van der Waals surface area contributed by atoms with Crippen LogP contribution in [0.5, 0.6) is 0 Å². The van der Waals surface area contributed by atoms with Crippen LogP contribution >= 0.6 is 22.7 Å². The van der Waals surface area contributed by atoms with Gasteiger partial charge in [-0.05, 0) is 26.0 Å². The van der Waals surface area contributed by atoms with E-state index in [1.807, 2.05) is 25.3 Å². The van der Waals surface area contributed by atoms with Crippen molar-refractivity contribution in [2.24, 2.45) is 0 Å². The summed E-state index contributed by atoms with van der Waals surface area (Å²) in [6.45, 7) is 4.17. The minimum atomic E-state index is -0.166. The standard InChI is InChI=1S/C15H15N3O3S2/c1-9-10(2)23-15(20)18(9)6-5-13(19)17-14-16-11(8-22-14)12-4-3-7-21-12/h3-4,7-8H,5-6H2,1-2H3,(H,16,17,19). The van der Waals surface area contributed by atoms with Crippen LogP contribution in [-0.2, 0) is 11.3 Å². The van der Waals surface area contributed by atoms with Crippen molar-refractivity contribution in [1.29, 1.82) is 0 Å². The van der Waals surface area contributed by atoms with E-state index in [0.717, 1.165) is 10.6 Å². The molecule has 8 heteroatoms. The molecule has 0 radical (unpaired) electrons. The molecule has 1 N–H and O–H groups in total. The van der Waals surface area contributed by atoms with Gasteiger partial charge in [-0.15, -0.1) is 11.3 Å². The maximum absolute atomic E-state index is 12.0. The number of carbonyl (C=O) groups is 1. The lowest BCUT2D eigenvalue weighted by atomic mass is 10.3. The number of furan rings is 1. The Hall–Kier alpha value is -2.19. The number of aromatic nitrogens is 2. The second-order valence-electron chi connectivity index (χ2n) is 4.97. The van der Waals surface area contributed by atoms with Gasteiger partial charge in [-0.25, -0.2) is 4.98 Å². The molecule has 0 aliphatic carbocycles. The van der Waals surface area contributed by atoms with Crippen LogP contribution in [0.15, 0.2) is 33.0 Å². The van der Waals surface area contributed by atoms with Gasteiger partial charge in [0.15, 0.2) is 10.9 Å². The second kappa shape index (κ2) is 6.51. The molecule has 120 valence electrons. The molecule has 23 heavy (non-hydrogen) atoms. The molecule has 0 aromatic carbocycles. The molecule has 0 bridgehead atoms. The van der Waals surface area contributed by atoms with Crippen molar-refractivity contribution in [2.45, 2.75) is 26.8 Å². The highest BCUT2D eigenvalue weighted by molar-refractivity contribution is 7.14. The molecule has 0 aliphatic heterocycles. The van der Waals surface area contributed by atoms with Crippen LogP contribution < -0.4 is 10.2 Å². The molecule has 0 spiro atoms. The molecule has 6 nitrogen and oxygen atoms in total. The van der Waals surface area contributed by atoms with Gasteiger partial charge in [0.25, 0.3) is 0 Å². The van der Waals surface area contributed by atoms with Crippen LogP contribution in [0.25, 0.3) is 11.5 Å². The topological polar surface area (TPSA) is 77.1 Å². The molecule has 1 amide bonds. The summed E-state index contributed by atoms with van der Waals surface area (Å²) in [5.41, 5.74) is 1.61. The zero-order chi connectivity index (χ0) is 16.4. The number of thiazole rings is 2. The number of rotatable bonds is 5. The van der Waals surface area contributed by atoms with Crippen molar-refractivity contribution in [1.82, 2.24) is 9.55 Å². The van der Waals surface area contributed by atoms with Crippen molar-refractivity contribution in [3.8, 4) is 11.5 Å². The second-order valence-corrected chi connectivity index (χ2v) is 7.00. The average Bonchev–Trinajstić information content (AvgIpc) is 3.21. The smallest absolute Gasteiger partial charge is 0.307 e. The van der Waals surface area contributed by atoms with Gasteiger partial charge in [-0.3, -0.25) is 9.59 Å². The van der Waals surface area contributed by atoms with Gasteiger partial charge in [-0.1, -0.05) is 11.3 Å². The number of amides is 1. The van der Waals surface area contributed by atoms with Crippen LogP contribution in [0, 0.1) is 13.8 Å². The summed E-state index contributed by atoms with van der Waals surface area (Å²) >= 11 is 2.55. The lowest BCUT2D eigenvalue weighted by Gasteiger charge is -2.04. The summed E-state index contributed by atoms with van der Waals surface area (Å²) in [5.74, 6) is 0.498. The van der Waals surface area contributed by atoms with Crippen molar-refractivity contribution in [3.05, 3.63) is 44.0 Å². The number of hydrogen-bond donors (Lipinski definition) is 1. The lowest BCUT2D eigenvalue weighted by Crippen LogP contribution is -2.20. The lowest BCUT2D eigenvalue weighted by molar-refractivity contribution is -0.116. The Morgan fingerprint density at radius 3 is 2.91 bits per heavy atom. The molecular weight excluding hydrogens is 334 g/mol. The number of nitrogens with zero attached hydrogens (tertiary/aromatic N) is 2. The quantitative estimate of drug-likeness (QED) is 0.767. The van der Waals surface area contributed by atoms with E-state index in [0.29, 0.717) is 23.1 Å². The first kappa shape index (κ1) is 15.7. The fourth-order valence-electron chi connectivity index (χ4n) is 2.11. The van der Waals surface area contributed by atoms with Gasteiger partial charge in [0.1, 0.15) is 5.69 Å². The summed E-state index contributed by atoms with van der Waals surface area (Å²) in [6.07, 6.45) is 1.81. The molecule has 0 aliphatic rings. The number of hydrogen-bond acceptors (Lipinski definition) is 6. The third kappa shape index (κ3) is 3.43. The maximum Gasteiger partial charge on any atom is 0.307 e. The molecule has 0 unspecified atom stereocenters. The van der Waals surface area contributed by atoms with E-state index in [4.69, 9.17) is 4.42 Å². The average molecular weight is 349 g/mol. The van der Waals surface area contributed by atoms with E-state index in [1.54, 1.807) is 16.9 Å². The molecular formula is C15H15N3O3S2. The summed E-state index contributed by atoms with van der Waals surface area (Å²) < 4.78 is 6.90. The van der Waals surface area contributed by atoms with Crippen molar-refractivity contribution in [2.75, 3.05) is 5.32 Å². The van der Waals surface area contributed by atoms with Crippen molar-refractivity contribution >= 4 is 33.7 Å². The predicted octanol–water partition coefficient (Wildman–Crippen LogP) is 3.27. The Balaban J connectivity index is 1.60. The molecule has 3 aromatic heterocycles. The van der Waals surface area contributed by atoms with Crippen LogP contribution in [0.1, 0.15) is 17.0 Å². The highest BCUT2D eigenvalue weighted by Gasteiger charge is 2.12. The fourth-order valence-corrected chi connectivity index (χ4v) is 3.68. The van der Waals surface area contributed by atoms with Crippen molar-refractivity contribution < 1.29 is 9.21 Å². The van der Waals surface area contributed by atoms with Gasteiger partial charge >= 0.3 is 4.87 Å². The van der Waals surface area contributed by atoms with Crippen LogP contribution in [-0.4, -0.2) is 15.5 Å². The zero-order valence-corrected chi connectivity index (χ0v) is 14.3. The fraction of sp³-hybridized carbons (Fsp3) is 0.267. The zero-order valence-electron chi connectivity index (χ0n) is 12.7. The molecule has 3 aromatic rings. The Labute approximate surface area is 140 Å². The summed E-state index contributed by atoms with van der Waals surface area (Å²) in [4.78, 5) is 29.1. The molecule has 3 rings (SSSR count). The first-order valence-electron chi connectivity index (χ1n) is 7.00. The first-order chi connectivity index (χ1) is 11.0. The largest absolute Gasteiger partial charge is 0.463 e. The third-order valence-corrected chi connectivity index (χ3v) is 5.22. The first-order valence-corrected chi connectivity index (χ1v) is 8.70. The molecule has 0 atom stereocenters. The van der Waals surface area contributed by atoms with E-state index in [-0.39, 0.29) is 17.2 Å². The van der Waals surface area contributed by atoms with Crippen LogP contribution in [0.3, 0.4) is 0 Å². The van der Waals surface area contributed by atoms with Crippen molar-refractivity contribution in [3.63, 3.8) is 0 Å². The van der Waals surface area contributed by atoms with Gasteiger partial charge in [-0.2, -0.15) is 0 Å². The van der Waals surface area contributed by atoms with Gasteiger partial charge in [0.2, 0.25) is 5.91 Å². The summed E-state index contributed by atoms with van der Waals surface area (Å²) in [5, 5.41) is 5.10. The highest BCUT2D eigenvalue weighted by atomic mass is 32.1. The summed E-state index contributed by atoms with van der Waals surface area (Å²) in [7, 11) is 0. The molecule has 3 heterocycles. The summed E-state index contributed by atoms with van der Waals surface area (Å²) in [6, 6.07) is 3.60. The van der Waals surface area contributed by atoms with E-state index >= 15 is 0 Å². The highest BCUT2D eigenvalue weighted by Crippen LogP contribution is 2.25. The Kier molecular flexibility index (Phi) is 4.44. The van der Waals surface area contributed by atoms with Crippen LogP contribution in [0.4, 0.5) is 5.13 Å². The van der Waals surface area contributed by atoms with E-state index in [9.17, 15) is 9.59 Å². The normalized spacial score (nSPS) is 10.9. The number of aryl methyl sites for hydroxylation is 1. The van der Waals surface area contributed by atoms with Gasteiger partial charge in [0, 0.05) is 28.9 Å². The molecule has 0 fully saturated rings. The molecule has 0 saturated heterocycles. The van der Waals surface area contributed by atoms with Gasteiger partial charge in [0.05, 0.1) is 6.26 Å². The van der Waals surface area contributed by atoms with Gasteiger partial charge < -0.3 is 14.3 Å². The number of anilines is 1. The van der Waals surface area contributed by atoms with E-state index in [2.05, 4.69) is 10.3 Å². The third-order valence-electron chi connectivity index (χ3n) is 3.46. The predicted molar refractivity (Wildman–Crippen MR) is 91.1 cm³/mol. The molecule has 0 saturated carbocycles.